The summed E-state index contributed by atoms with van der Waals surface area (Å²) in [7, 11) is 1.31. The third-order valence-corrected chi connectivity index (χ3v) is 5.81. The third-order valence-electron chi connectivity index (χ3n) is 5.51. The molecule has 0 aromatic heterocycles. The van der Waals surface area contributed by atoms with Crippen molar-refractivity contribution in [3.8, 4) is 11.5 Å². The van der Waals surface area contributed by atoms with Crippen molar-refractivity contribution in [1.29, 1.82) is 0 Å². The van der Waals surface area contributed by atoms with Crippen LogP contribution in [-0.2, 0) is 16.1 Å². The number of aromatic hydroxyl groups is 1. The summed E-state index contributed by atoms with van der Waals surface area (Å²) >= 11 is 6.07. The molecule has 4 rings (SSSR count). The first-order chi connectivity index (χ1) is 16.2. The molecule has 1 atom stereocenters. The number of benzene rings is 3. The monoisotopic (exact) mass is 485 g/mol. The van der Waals surface area contributed by atoms with E-state index in [0.29, 0.717) is 11.1 Å². The standard InChI is InChI=1S/C25H18ClF2NO5/c1-34-20-9-7-16(28)11-17(20)23(31)21-22(14-4-8-19(30)18(26)10-14)29(25(33)24(21)32)12-13-2-5-15(27)6-3-13/h2-11,22,30-31H,12H2,1H3/b23-21+. The van der Waals surface area contributed by atoms with E-state index in [1.165, 1.54) is 60.5 Å². The van der Waals surface area contributed by atoms with Gasteiger partial charge in [-0.25, -0.2) is 8.78 Å². The number of amides is 1. The van der Waals surface area contributed by atoms with Crippen LogP contribution in [0.3, 0.4) is 0 Å². The van der Waals surface area contributed by atoms with Crippen LogP contribution in [0.4, 0.5) is 8.78 Å². The SMILES string of the molecule is COc1ccc(F)cc1/C(O)=C1\C(=O)C(=O)N(Cc2ccc(F)cc2)C1c1ccc(O)c(Cl)c1. The molecule has 1 saturated heterocycles. The van der Waals surface area contributed by atoms with Crippen molar-refractivity contribution in [3.05, 3.63) is 99.6 Å². The van der Waals surface area contributed by atoms with E-state index in [9.17, 15) is 28.6 Å². The van der Waals surface area contributed by atoms with Crippen molar-refractivity contribution < 1.29 is 33.3 Å². The molecule has 1 unspecified atom stereocenters. The Bertz CT molecular complexity index is 1320. The number of carbonyl (C=O) groups is 2. The van der Waals surface area contributed by atoms with Crippen molar-refractivity contribution in [2.24, 2.45) is 0 Å². The number of aliphatic hydroxyl groups is 1. The highest BCUT2D eigenvalue weighted by atomic mass is 35.5. The van der Waals surface area contributed by atoms with Gasteiger partial charge in [0, 0.05) is 6.54 Å². The van der Waals surface area contributed by atoms with Crippen molar-refractivity contribution in [1.82, 2.24) is 4.90 Å². The van der Waals surface area contributed by atoms with Crippen LogP contribution >= 0.6 is 11.6 Å². The molecule has 9 heteroatoms. The molecule has 3 aromatic rings. The van der Waals surface area contributed by atoms with Gasteiger partial charge in [0.2, 0.25) is 0 Å². The number of likely N-dealkylation sites (tertiary alicyclic amines) is 1. The summed E-state index contributed by atoms with van der Waals surface area (Å²) in [5.74, 6) is -3.84. The number of nitrogens with zero attached hydrogens (tertiary/aromatic N) is 1. The molecule has 34 heavy (non-hydrogen) atoms. The quantitative estimate of drug-likeness (QED) is 0.303. The van der Waals surface area contributed by atoms with Gasteiger partial charge < -0.3 is 19.8 Å². The number of hydrogen-bond acceptors (Lipinski definition) is 5. The van der Waals surface area contributed by atoms with Gasteiger partial charge in [-0.05, 0) is 53.6 Å². The highest BCUT2D eigenvalue weighted by molar-refractivity contribution is 6.46. The Balaban J connectivity index is 1.92. The predicted octanol–water partition coefficient (Wildman–Crippen LogP) is 4.95. The summed E-state index contributed by atoms with van der Waals surface area (Å²) in [5, 5.41) is 20.9. The third kappa shape index (κ3) is 4.20. The number of halogens is 3. The van der Waals surface area contributed by atoms with E-state index in [-0.39, 0.29) is 34.2 Å². The van der Waals surface area contributed by atoms with Gasteiger partial charge in [-0.3, -0.25) is 9.59 Å². The Morgan fingerprint density at radius 1 is 1.03 bits per heavy atom. The van der Waals surface area contributed by atoms with E-state index in [1.54, 1.807) is 0 Å². The molecule has 1 aliphatic rings. The predicted molar refractivity (Wildman–Crippen MR) is 120 cm³/mol. The van der Waals surface area contributed by atoms with Gasteiger partial charge >= 0.3 is 0 Å². The molecule has 0 bridgehead atoms. The Morgan fingerprint density at radius 2 is 1.71 bits per heavy atom. The number of phenols is 1. The first-order valence-electron chi connectivity index (χ1n) is 10.1. The maximum atomic E-state index is 14.0. The van der Waals surface area contributed by atoms with Crippen LogP contribution in [0.25, 0.3) is 5.76 Å². The normalized spacial score (nSPS) is 17.3. The molecule has 1 aliphatic heterocycles. The minimum absolute atomic E-state index is 0.0341. The average molecular weight is 486 g/mol. The molecular weight excluding hydrogens is 468 g/mol. The van der Waals surface area contributed by atoms with E-state index in [4.69, 9.17) is 16.3 Å². The number of Topliss-reactive ketones (excluding diaryl/α,β-unsaturated/α-hetero) is 1. The topological polar surface area (TPSA) is 87.1 Å². The van der Waals surface area contributed by atoms with E-state index in [0.717, 1.165) is 12.1 Å². The highest BCUT2D eigenvalue weighted by Gasteiger charge is 2.46. The summed E-state index contributed by atoms with van der Waals surface area (Å²) in [4.78, 5) is 27.3. The van der Waals surface area contributed by atoms with Gasteiger partial charge in [0.05, 0.1) is 29.3 Å². The molecule has 1 heterocycles. The number of phenolic OH excluding ortho intramolecular Hbond substituents is 1. The van der Waals surface area contributed by atoms with Gasteiger partial charge in [0.25, 0.3) is 11.7 Å². The molecule has 0 spiro atoms. The van der Waals surface area contributed by atoms with E-state index in [2.05, 4.69) is 0 Å². The Morgan fingerprint density at radius 3 is 2.35 bits per heavy atom. The molecule has 6 nitrogen and oxygen atoms in total. The molecule has 0 aliphatic carbocycles. The molecule has 1 fully saturated rings. The zero-order chi connectivity index (χ0) is 24.6. The molecule has 1 amide bonds. The van der Waals surface area contributed by atoms with Crippen LogP contribution in [0.2, 0.25) is 5.02 Å². The smallest absolute Gasteiger partial charge is 0.295 e. The summed E-state index contributed by atoms with van der Waals surface area (Å²) in [5.41, 5.74) is 0.428. The number of ether oxygens (including phenoxy) is 1. The van der Waals surface area contributed by atoms with Crippen LogP contribution in [-0.4, -0.2) is 33.9 Å². The lowest BCUT2D eigenvalue weighted by Crippen LogP contribution is -2.29. The Kier molecular flexibility index (Phi) is 6.26. The molecule has 0 saturated carbocycles. The first kappa shape index (κ1) is 23.3. The molecule has 2 N–H and O–H groups in total. The van der Waals surface area contributed by atoms with Gasteiger partial charge in [-0.15, -0.1) is 0 Å². The maximum Gasteiger partial charge on any atom is 0.295 e. The van der Waals surface area contributed by atoms with Crippen LogP contribution in [0.1, 0.15) is 22.7 Å². The molecule has 3 aromatic carbocycles. The Hall–Kier alpha value is -3.91. The highest BCUT2D eigenvalue weighted by Crippen LogP contribution is 2.43. The second-order valence-corrected chi connectivity index (χ2v) is 8.02. The molecule has 0 radical (unpaired) electrons. The van der Waals surface area contributed by atoms with Crippen LogP contribution < -0.4 is 4.74 Å². The lowest BCUT2D eigenvalue weighted by molar-refractivity contribution is -0.140. The first-order valence-corrected chi connectivity index (χ1v) is 10.4. The summed E-state index contributed by atoms with van der Waals surface area (Å²) < 4.78 is 32.6. The number of aliphatic hydroxyl groups excluding tert-OH is 1. The number of ketones is 1. The molecule has 174 valence electrons. The van der Waals surface area contributed by atoms with Crippen LogP contribution in [0.5, 0.6) is 11.5 Å². The summed E-state index contributed by atoms with van der Waals surface area (Å²) in [6.07, 6.45) is 0. The summed E-state index contributed by atoms with van der Waals surface area (Å²) in [6, 6.07) is 11.7. The minimum Gasteiger partial charge on any atom is -0.507 e. The largest absolute Gasteiger partial charge is 0.507 e. The maximum absolute atomic E-state index is 14.0. The van der Waals surface area contributed by atoms with Gasteiger partial charge in [-0.2, -0.15) is 0 Å². The zero-order valence-corrected chi connectivity index (χ0v) is 18.5. The lowest BCUT2D eigenvalue weighted by atomic mass is 9.94. The van der Waals surface area contributed by atoms with Crippen LogP contribution in [0, 0.1) is 11.6 Å². The fourth-order valence-corrected chi connectivity index (χ4v) is 4.07. The number of rotatable bonds is 5. The molecular formula is C25H18ClF2NO5. The number of carbonyl (C=O) groups excluding carboxylic acids is 2. The van der Waals surface area contributed by atoms with Crippen molar-refractivity contribution in [3.63, 3.8) is 0 Å². The average Bonchev–Trinajstić information content (AvgIpc) is 3.06. The fraction of sp³-hybridized carbons (Fsp3) is 0.120. The van der Waals surface area contributed by atoms with Crippen molar-refractivity contribution in [2.45, 2.75) is 12.6 Å². The van der Waals surface area contributed by atoms with E-state index >= 15 is 0 Å². The number of methoxy groups -OCH3 is 1. The second kappa shape index (κ2) is 9.15. The van der Waals surface area contributed by atoms with E-state index in [1.807, 2.05) is 0 Å². The fourth-order valence-electron chi connectivity index (χ4n) is 3.88. The zero-order valence-electron chi connectivity index (χ0n) is 17.8. The second-order valence-electron chi connectivity index (χ2n) is 7.61. The number of hydrogen-bond donors (Lipinski definition) is 2. The van der Waals surface area contributed by atoms with Crippen molar-refractivity contribution in [2.75, 3.05) is 7.11 Å². The van der Waals surface area contributed by atoms with Crippen molar-refractivity contribution >= 4 is 29.1 Å². The van der Waals surface area contributed by atoms with E-state index < -0.39 is 35.1 Å². The van der Waals surface area contributed by atoms with Gasteiger partial charge in [0.1, 0.15) is 28.9 Å². The summed E-state index contributed by atoms with van der Waals surface area (Å²) in [6.45, 7) is -0.0922. The minimum atomic E-state index is -1.13. The van der Waals surface area contributed by atoms with Gasteiger partial charge in [-0.1, -0.05) is 29.8 Å². The van der Waals surface area contributed by atoms with Crippen LogP contribution in [0.15, 0.2) is 66.2 Å². The Labute approximate surface area is 198 Å². The lowest BCUT2D eigenvalue weighted by Gasteiger charge is -2.26. The van der Waals surface area contributed by atoms with Gasteiger partial charge in [0.15, 0.2) is 0 Å².